The Bertz CT molecular complexity index is 514. The van der Waals surface area contributed by atoms with Gasteiger partial charge >= 0.3 is 5.97 Å². The molecule has 2 bridgehead atoms. The van der Waals surface area contributed by atoms with Crippen molar-refractivity contribution in [2.24, 2.45) is 5.92 Å². The average molecular weight is 290 g/mol. The Morgan fingerprint density at radius 2 is 2.16 bits per heavy atom. The number of esters is 1. The molecule has 3 aliphatic heterocycles. The SMILES string of the molecule is CCC(C)C(=O)OC1C2OS(=O)(=O)C3CC1(C)OC23. The monoisotopic (exact) mass is 290 g/mol. The molecule has 19 heavy (non-hydrogen) atoms. The first-order valence-electron chi connectivity index (χ1n) is 6.59. The van der Waals surface area contributed by atoms with Gasteiger partial charge in [0, 0.05) is 6.42 Å². The molecule has 3 aliphatic rings. The van der Waals surface area contributed by atoms with Gasteiger partial charge in [0.05, 0.1) is 5.92 Å². The predicted molar refractivity (Wildman–Crippen MR) is 64.8 cm³/mol. The smallest absolute Gasteiger partial charge is 0.309 e. The van der Waals surface area contributed by atoms with Crippen LogP contribution in [0.3, 0.4) is 0 Å². The molecule has 0 aromatic heterocycles. The first-order valence-corrected chi connectivity index (χ1v) is 8.06. The van der Waals surface area contributed by atoms with Gasteiger partial charge in [-0.1, -0.05) is 13.8 Å². The molecule has 3 heterocycles. The van der Waals surface area contributed by atoms with Crippen LogP contribution in [0.25, 0.3) is 0 Å². The highest BCUT2D eigenvalue weighted by Crippen LogP contribution is 2.53. The predicted octanol–water partition coefficient (Wildman–Crippen LogP) is 0.603. The Kier molecular flexibility index (Phi) is 2.75. The quantitative estimate of drug-likeness (QED) is 0.559. The minimum absolute atomic E-state index is 0.212. The summed E-state index contributed by atoms with van der Waals surface area (Å²) in [5.41, 5.74) is -0.743. The van der Waals surface area contributed by atoms with E-state index in [9.17, 15) is 13.2 Å². The van der Waals surface area contributed by atoms with Crippen LogP contribution in [-0.4, -0.2) is 43.5 Å². The lowest BCUT2D eigenvalue weighted by Crippen LogP contribution is -2.48. The van der Waals surface area contributed by atoms with Crippen molar-refractivity contribution in [2.75, 3.05) is 0 Å². The number of hydrogen-bond acceptors (Lipinski definition) is 6. The van der Waals surface area contributed by atoms with E-state index in [2.05, 4.69) is 0 Å². The summed E-state index contributed by atoms with van der Waals surface area (Å²) in [7, 11) is -3.58. The summed E-state index contributed by atoms with van der Waals surface area (Å²) in [5, 5.41) is -0.610. The maximum Gasteiger partial charge on any atom is 0.309 e. The van der Waals surface area contributed by atoms with E-state index in [1.165, 1.54) is 0 Å². The number of ether oxygens (including phenoxy) is 2. The molecule has 3 rings (SSSR count). The largest absolute Gasteiger partial charge is 0.456 e. The zero-order valence-electron chi connectivity index (χ0n) is 11.2. The number of fused-ring (bicyclic) bond motifs is 1. The van der Waals surface area contributed by atoms with Crippen LogP contribution in [-0.2, 0) is 28.6 Å². The van der Waals surface area contributed by atoms with E-state index in [0.29, 0.717) is 12.8 Å². The molecule has 0 N–H and O–H groups in total. The molecule has 3 fully saturated rings. The van der Waals surface area contributed by atoms with Gasteiger partial charge in [0.15, 0.2) is 6.10 Å². The van der Waals surface area contributed by atoms with Crippen molar-refractivity contribution < 1.29 is 26.9 Å². The van der Waals surface area contributed by atoms with Crippen molar-refractivity contribution in [1.82, 2.24) is 0 Å². The van der Waals surface area contributed by atoms with Crippen LogP contribution in [0.2, 0.25) is 0 Å². The minimum atomic E-state index is -3.58. The van der Waals surface area contributed by atoms with Crippen LogP contribution in [0.4, 0.5) is 0 Å². The lowest BCUT2D eigenvalue weighted by molar-refractivity contribution is -0.164. The van der Waals surface area contributed by atoms with E-state index in [1.54, 1.807) is 13.8 Å². The van der Waals surface area contributed by atoms with Gasteiger partial charge in [0.1, 0.15) is 23.1 Å². The molecular weight excluding hydrogens is 272 g/mol. The van der Waals surface area contributed by atoms with Gasteiger partial charge in [-0.3, -0.25) is 8.98 Å². The molecule has 0 aromatic rings. The van der Waals surface area contributed by atoms with Gasteiger partial charge < -0.3 is 9.47 Å². The standard InChI is InChI=1S/C12H18O6S/c1-4-6(2)11(13)16-10-9-8-7(19(14,15)18-9)5-12(10,3)17-8/h6-10H,4-5H2,1-3H3. The van der Waals surface area contributed by atoms with Crippen LogP contribution < -0.4 is 0 Å². The molecule has 0 amide bonds. The number of carbonyl (C=O) groups is 1. The summed E-state index contributed by atoms with van der Waals surface area (Å²) in [4.78, 5) is 11.9. The zero-order chi connectivity index (χ0) is 14.0. The molecule has 3 saturated heterocycles. The van der Waals surface area contributed by atoms with Gasteiger partial charge in [0.25, 0.3) is 10.1 Å². The molecular formula is C12H18O6S. The highest BCUT2D eigenvalue weighted by molar-refractivity contribution is 7.87. The number of hydrogen-bond donors (Lipinski definition) is 0. The molecule has 6 unspecified atom stereocenters. The topological polar surface area (TPSA) is 78.9 Å². The third kappa shape index (κ3) is 1.75. The fourth-order valence-corrected chi connectivity index (χ4v) is 4.87. The van der Waals surface area contributed by atoms with E-state index in [4.69, 9.17) is 13.7 Å². The Balaban J connectivity index is 1.84. The van der Waals surface area contributed by atoms with Crippen molar-refractivity contribution >= 4 is 16.1 Å². The van der Waals surface area contributed by atoms with E-state index in [-0.39, 0.29) is 11.9 Å². The van der Waals surface area contributed by atoms with Crippen molar-refractivity contribution in [1.29, 1.82) is 0 Å². The van der Waals surface area contributed by atoms with Crippen LogP contribution in [0.5, 0.6) is 0 Å². The Morgan fingerprint density at radius 1 is 1.47 bits per heavy atom. The fraction of sp³-hybridized carbons (Fsp3) is 0.917. The highest BCUT2D eigenvalue weighted by atomic mass is 32.2. The number of rotatable bonds is 3. The Morgan fingerprint density at radius 3 is 2.79 bits per heavy atom. The normalized spacial score (nSPS) is 47.3. The second-order valence-electron chi connectivity index (χ2n) is 5.86. The molecule has 6 atom stereocenters. The molecule has 0 saturated carbocycles. The minimum Gasteiger partial charge on any atom is -0.456 e. The summed E-state index contributed by atoms with van der Waals surface area (Å²) in [5.74, 6) is -0.536. The summed E-state index contributed by atoms with van der Waals surface area (Å²) in [6.07, 6.45) is -0.799. The molecule has 6 nitrogen and oxygen atoms in total. The molecule has 0 aliphatic carbocycles. The molecule has 0 spiro atoms. The van der Waals surface area contributed by atoms with Gasteiger partial charge in [-0.15, -0.1) is 0 Å². The Labute approximate surface area is 112 Å². The van der Waals surface area contributed by atoms with Crippen LogP contribution in [0, 0.1) is 5.92 Å². The lowest BCUT2D eigenvalue weighted by atomic mass is 9.85. The van der Waals surface area contributed by atoms with Crippen molar-refractivity contribution in [2.45, 2.75) is 62.8 Å². The first-order chi connectivity index (χ1) is 8.78. The van der Waals surface area contributed by atoms with E-state index < -0.39 is 39.3 Å². The third-order valence-corrected chi connectivity index (χ3v) is 6.14. The third-order valence-electron chi connectivity index (χ3n) is 4.48. The zero-order valence-corrected chi connectivity index (χ0v) is 12.0. The highest BCUT2D eigenvalue weighted by Gasteiger charge is 2.72. The van der Waals surface area contributed by atoms with Crippen molar-refractivity contribution in [3.8, 4) is 0 Å². The van der Waals surface area contributed by atoms with Crippen molar-refractivity contribution in [3.05, 3.63) is 0 Å². The first kappa shape index (κ1) is 13.3. The van der Waals surface area contributed by atoms with Crippen molar-refractivity contribution in [3.63, 3.8) is 0 Å². The van der Waals surface area contributed by atoms with Gasteiger partial charge in [0.2, 0.25) is 0 Å². The molecule has 7 heteroatoms. The van der Waals surface area contributed by atoms with Crippen LogP contribution in [0.1, 0.15) is 33.6 Å². The van der Waals surface area contributed by atoms with Gasteiger partial charge in [-0.2, -0.15) is 8.42 Å². The van der Waals surface area contributed by atoms with Crippen LogP contribution in [0.15, 0.2) is 0 Å². The summed E-state index contributed by atoms with van der Waals surface area (Å²) >= 11 is 0. The summed E-state index contributed by atoms with van der Waals surface area (Å²) < 4.78 is 39.9. The van der Waals surface area contributed by atoms with Crippen LogP contribution >= 0.6 is 0 Å². The Hall–Kier alpha value is -0.660. The summed E-state index contributed by atoms with van der Waals surface area (Å²) in [6.45, 7) is 5.48. The molecule has 108 valence electrons. The molecule has 0 aromatic carbocycles. The lowest BCUT2D eigenvalue weighted by Gasteiger charge is -2.30. The van der Waals surface area contributed by atoms with Gasteiger partial charge in [-0.05, 0) is 13.3 Å². The second-order valence-corrected chi connectivity index (χ2v) is 7.64. The van der Waals surface area contributed by atoms with Gasteiger partial charge in [-0.25, -0.2) is 0 Å². The summed E-state index contributed by atoms with van der Waals surface area (Å²) in [6, 6.07) is 0. The second kappa shape index (κ2) is 3.93. The fourth-order valence-electron chi connectivity index (χ4n) is 3.13. The van der Waals surface area contributed by atoms with E-state index in [1.807, 2.05) is 6.92 Å². The maximum absolute atomic E-state index is 11.9. The van der Waals surface area contributed by atoms with E-state index >= 15 is 0 Å². The average Bonchev–Trinajstić information content (AvgIpc) is 2.87. The number of carbonyl (C=O) groups excluding carboxylic acids is 1. The maximum atomic E-state index is 11.9. The molecule has 0 radical (unpaired) electrons. The van der Waals surface area contributed by atoms with E-state index in [0.717, 1.165) is 0 Å².